The number of nitrogens with zero attached hydrogens (tertiary/aromatic N) is 3. The SMILES string of the molecule is CN1c2ncccc2C(=O)N[C@@H]1c1ccc(NC(=O)CN2CCOCC2)cc1. The molecule has 0 saturated carbocycles. The molecule has 0 spiro atoms. The van der Waals surface area contributed by atoms with Crippen LogP contribution < -0.4 is 15.5 Å². The van der Waals surface area contributed by atoms with Gasteiger partial charge in [-0.1, -0.05) is 12.1 Å². The van der Waals surface area contributed by atoms with Crippen molar-refractivity contribution in [3.63, 3.8) is 0 Å². The Morgan fingerprint density at radius 1 is 1.25 bits per heavy atom. The number of aromatic nitrogens is 1. The van der Waals surface area contributed by atoms with Crippen molar-refractivity contribution >= 4 is 23.3 Å². The fraction of sp³-hybridized carbons (Fsp3) is 0.350. The molecule has 0 bridgehead atoms. The zero-order valence-corrected chi connectivity index (χ0v) is 15.7. The summed E-state index contributed by atoms with van der Waals surface area (Å²) in [5.74, 6) is 0.462. The third kappa shape index (κ3) is 3.83. The van der Waals surface area contributed by atoms with Gasteiger partial charge in [-0.15, -0.1) is 0 Å². The number of rotatable bonds is 4. The monoisotopic (exact) mass is 381 g/mol. The highest BCUT2D eigenvalue weighted by Crippen LogP contribution is 2.30. The number of fused-ring (bicyclic) bond motifs is 1. The van der Waals surface area contributed by atoms with Gasteiger partial charge in [-0.3, -0.25) is 14.5 Å². The minimum Gasteiger partial charge on any atom is -0.379 e. The van der Waals surface area contributed by atoms with Crippen LogP contribution in [0, 0.1) is 0 Å². The lowest BCUT2D eigenvalue weighted by atomic mass is 10.1. The molecule has 0 radical (unpaired) electrons. The quantitative estimate of drug-likeness (QED) is 0.829. The van der Waals surface area contributed by atoms with Crippen LogP contribution in [0.25, 0.3) is 0 Å². The first kappa shape index (κ1) is 18.4. The Bertz CT molecular complexity index is 864. The van der Waals surface area contributed by atoms with Gasteiger partial charge in [-0.05, 0) is 29.8 Å². The highest BCUT2D eigenvalue weighted by molar-refractivity contribution is 6.01. The van der Waals surface area contributed by atoms with Gasteiger partial charge in [0.05, 0.1) is 25.3 Å². The van der Waals surface area contributed by atoms with E-state index in [1.807, 2.05) is 36.2 Å². The average molecular weight is 381 g/mol. The van der Waals surface area contributed by atoms with Crippen LogP contribution in [-0.2, 0) is 9.53 Å². The van der Waals surface area contributed by atoms with Crippen LogP contribution in [-0.4, -0.2) is 61.6 Å². The molecule has 1 saturated heterocycles. The largest absolute Gasteiger partial charge is 0.379 e. The van der Waals surface area contributed by atoms with E-state index in [1.165, 1.54) is 0 Å². The molecule has 2 aliphatic rings. The van der Waals surface area contributed by atoms with Gasteiger partial charge in [0.15, 0.2) is 0 Å². The summed E-state index contributed by atoms with van der Waals surface area (Å²) in [7, 11) is 1.90. The number of hydrogen-bond donors (Lipinski definition) is 2. The summed E-state index contributed by atoms with van der Waals surface area (Å²) in [5.41, 5.74) is 2.21. The standard InChI is InChI=1S/C20H23N5O3/c1-24-18(23-20(27)16-3-2-8-21-19(16)24)14-4-6-15(7-5-14)22-17(26)13-25-9-11-28-12-10-25/h2-8,18H,9-13H2,1H3,(H,22,26)(H,23,27)/t18-/m0/s1. The summed E-state index contributed by atoms with van der Waals surface area (Å²) >= 11 is 0. The molecule has 1 atom stereocenters. The second-order valence-electron chi connectivity index (χ2n) is 6.92. The van der Waals surface area contributed by atoms with E-state index in [0.717, 1.165) is 24.3 Å². The third-order valence-electron chi connectivity index (χ3n) is 5.00. The maximum Gasteiger partial charge on any atom is 0.256 e. The maximum atomic E-state index is 12.4. The molecule has 8 heteroatoms. The van der Waals surface area contributed by atoms with Gasteiger partial charge in [0.2, 0.25) is 5.91 Å². The van der Waals surface area contributed by atoms with Crippen LogP contribution in [0.5, 0.6) is 0 Å². The Balaban J connectivity index is 1.42. The van der Waals surface area contributed by atoms with Crippen molar-refractivity contribution in [2.24, 2.45) is 0 Å². The van der Waals surface area contributed by atoms with Crippen molar-refractivity contribution in [3.8, 4) is 0 Å². The lowest BCUT2D eigenvalue weighted by molar-refractivity contribution is -0.118. The number of carbonyl (C=O) groups excluding carboxylic acids is 2. The van der Waals surface area contributed by atoms with Gasteiger partial charge in [0.1, 0.15) is 12.0 Å². The van der Waals surface area contributed by atoms with E-state index in [0.29, 0.717) is 31.1 Å². The van der Waals surface area contributed by atoms with E-state index in [1.54, 1.807) is 18.3 Å². The molecule has 2 aliphatic heterocycles. The Labute approximate surface area is 163 Å². The van der Waals surface area contributed by atoms with Crippen LogP contribution >= 0.6 is 0 Å². The number of ether oxygens (including phenoxy) is 1. The summed E-state index contributed by atoms with van der Waals surface area (Å²) in [6.07, 6.45) is 1.37. The van der Waals surface area contributed by atoms with E-state index in [4.69, 9.17) is 4.74 Å². The zero-order valence-electron chi connectivity index (χ0n) is 15.7. The van der Waals surface area contributed by atoms with Crippen molar-refractivity contribution in [3.05, 3.63) is 53.7 Å². The zero-order chi connectivity index (χ0) is 19.5. The van der Waals surface area contributed by atoms with Crippen LogP contribution in [0.1, 0.15) is 22.1 Å². The molecule has 1 aromatic heterocycles. The molecule has 8 nitrogen and oxygen atoms in total. The second kappa shape index (κ2) is 7.95. The molecule has 146 valence electrons. The highest BCUT2D eigenvalue weighted by atomic mass is 16.5. The predicted octanol–water partition coefficient (Wildman–Crippen LogP) is 1.23. The van der Waals surface area contributed by atoms with Crippen molar-refractivity contribution < 1.29 is 14.3 Å². The summed E-state index contributed by atoms with van der Waals surface area (Å²) in [4.78, 5) is 32.9. The number of hydrogen-bond acceptors (Lipinski definition) is 6. The first-order chi connectivity index (χ1) is 13.6. The molecule has 2 amide bonds. The van der Waals surface area contributed by atoms with Crippen molar-refractivity contribution in [1.29, 1.82) is 0 Å². The van der Waals surface area contributed by atoms with E-state index >= 15 is 0 Å². The molecule has 0 aliphatic carbocycles. The molecule has 2 aromatic rings. The molecule has 2 N–H and O–H groups in total. The molecule has 1 aromatic carbocycles. The van der Waals surface area contributed by atoms with Crippen molar-refractivity contribution in [1.82, 2.24) is 15.2 Å². The minimum absolute atomic E-state index is 0.0455. The predicted molar refractivity (Wildman–Crippen MR) is 105 cm³/mol. The van der Waals surface area contributed by atoms with E-state index < -0.39 is 0 Å². The molecular formula is C20H23N5O3. The Morgan fingerprint density at radius 3 is 2.75 bits per heavy atom. The van der Waals surface area contributed by atoms with Gasteiger partial charge < -0.3 is 20.3 Å². The number of morpholine rings is 1. The molecule has 28 heavy (non-hydrogen) atoms. The summed E-state index contributed by atoms with van der Waals surface area (Å²) < 4.78 is 5.30. The maximum absolute atomic E-state index is 12.4. The first-order valence-electron chi connectivity index (χ1n) is 9.30. The van der Waals surface area contributed by atoms with E-state index in [2.05, 4.69) is 20.5 Å². The summed E-state index contributed by atoms with van der Waals surface area (Å²) in [5, 5.41) is 5.91. The Hall–Kier alpha value is -2.97. The number of nitrogens with one attached hydrogen (secondary N) is 2. The minimum atomic E-state index is -0.312. The highest BCUT2D eigenvalue weighted by Gasteiger charge is 2.30. The van der Waals surface area contributed by atoms with Crippen LogP contribution in [0.2, 0.25) is 0 Å². The first-order valence-corrected chi connectivity index (χ1v) is 9.30. The molecular weight excluding hydrogens is 358 g/mol. The topological polar surface area (TPSA) is 86.8 Å². The lowest BCUT2D eigenvalue weighted by Crippen LogP contribution is -2.45. The average Bonchev–Trinajstić information content (AvgIpc) is 2.72. The van der Waals surface area contributed by atoms with E-state index in [-0.39, 0.29) is 18.0 Å². The van der Waals surface area contributed by atoms with Crippen LogP contribution in [0.15, 0.2) is 42.6 Å². The fourth-order valence-electron chi connectivity index (χ4n) is 3.49. The van der Waals surface area contributed by atoms with Gasteiger partial charge in [0.25, 0.3) is 5.91 Å². The number of carbonyl (C=O) groups is 2. The summed E-state index contributed by atoms with van der Waals surface area (Å²) in [6, 6.07) is 11.0. The van der Waals surface area contributed by atoms with Crippen molar-refractivity contribution in [2.75, 3.05) is 50.1 Å². The van der Waals surface area contributed by atoms with E-state index in [9.17, 15) is 9.59 Å². The molecule has 4 rings (SSSR count). The number of anilines is 2. The lowest BCUT2D eigenvalue weighted by Gasteiger charge is -2.35. The fourth-order valence-corrected chi connectivity index (χ4v) is 3.49. The summed E-state index contributed by atoms with van der Waals surface area (Å²) in [6.45, 7) is 3.24. The van der Waals surface area contributed by atoms with Gasteiger partial charge in [-0.2, -0.15) is 0 Å². The molecule has 1 fully saturated rings. The number of benzene rings is 1. The molecule has 0 unspecified atom stereocenters. The van der Waals surface area contributed by atoms with Crippen LogP contribution in [0.3, 0.4) is 0 Å². The second-order valence-corrected chi connectivity index (χ2v) is 6.92. The van der Waals surface area contributed by atoms with Gasteiger partial charge >= 0.3 is 0 Å². The number of amides is 2. The van der Waals surface area contributed by atoms with Crippen molar-refractivity contribution in [2.45, 2.75) is 6.17 Å². The third-order valence-corrected chi connectivity index (χ3v) is 5.00. The Morgan fingerprint density at radius 2 is 2.00 bits per heavy atom. The smallest absolute Gasteiger partial charge is 0.256 e. The van der Waals surface area contributed by atoms with Crippen LogP contribution in [0.4, 0.5) is 11.5 Å². The Kier molecular flexibility index (Phi) is 5.23. The molecule has 3 heterocycles. The normalized spacial score (nSPS) is 19.7. The van der Waals surface area contributed by atoms with Gasteiger partial charge in [-0.25, -0.2) is 4.98 Å². The number of pyridine rings is 1. The van der Waals surface area contributed by atoms with Gasteiger partial charge in [0, 0.05) is 32.0 Å².